The minimum absolute atomic E-state index is 0.102. The quantitative estimate of drug-likeness (QED) is 0.351. The fraction of sp³-hybridized carbons (Fsp3) is 0.381. The first-order valence-corrected chi connectivity index (χ1v) is 9.37. The van der Waals surface area contributed by atoms with Crippen molar-refractivity contribution in [1.29, 1.82) is 0 Å². The number of fused-ring (bicyclic) bond motifs is 3. The van der Waals surface area contributed by atoms with Gasteiger partial charge in [-0.1, -0.05) is 18.2 Å². The summed E-state index contributed by atoms with van der Waals surface area (Å²) in [5.74, 6) is 0.209. The van der Waals surface area contributed by atoms with Gasteiger partial charge in [0.25, 0.3) is 0 Å². The molecule has 0 saturated carbocycles. The van der Waals surface area contributed by atoms with Crippen LogP contribution < -0.4 is 15.1 Å². The number of ether oxygens (including phenoxy) is 3. The Kier molecular flexibility index (Phi) is 5.39. The average Bonchev–Trinajstić information content (AvgIpc) is 2.74. The predicted molar refractivity (Wildman–Crippen MR) is 106 cm³/mol. The van der Waals surface area contributed by atoms with E-state index >= 15 is 0 Å². The second-order valence-electron chi connectivity index (χ2n) is 7.18. The third-order valence-electron chi connectivity index (χ3n) is 5.31. The lowest BCUT2D eigenvalue weighted by Gasteiger charge is -2.39. The van der Waals surface area contributed by atoms with Crippen molar-refractivity contribution in [2.75, 3.05) is 13.7 Å². The van der Waals surface area contributed by atoms with Crippen molar-refractivity contribution in [1.82, 2.24) is 0 Å². The average molecular weight is 418 g/mol. The number of rotatable bonds is 4. The molecule has 1 aliphatic heterocycles. The number of aliphatic hydroxyl groups is 4. The third-order valence-corrected chi connectivity index (χ3v) is 5.31. The zero-order chi connectivity index (χ0) is 21.6. The molecule has 3 aromatic rings. The van der Waals surface area contributed by atoms with Gasteiger partial charge in [-0.2, -0.15) is 0 Å². The Morgan fingerprint density at radius 1 is 1.07 bits per heavy atom. The number of benzene rings is 2. The normalized spacial score (nSPS) is 26.8. The number of hydrogen-bond acceptors (Lipinski definition) is 9. The van der Waals surface area contributed by atoms with Crippen LogP contribution in [0.4, 0.5) is 0 Å². The number of hydrogen-bond donors (Lipinski definition) is 4. The lowest BCUT2D eigenvalue weighted by molar-refractivity contribution is -0.277. The molecule has 0 aliphatic carbocycles. The monoisotopic (exact) mass is 418 g/mol. The summed E-state index contributed by atoms with van der Waals surface area (Å²) in [4.78, 5) is 12.5. The largest absolute Gasteiger partial charge is 0.490 e. The number of methoxy groups -OCH3 is 1. The van der Waals surface area contributed by atoms with E-state index in [1.807, 2.05) is 6.07 Å². The van der Waals surface area contributed by atoms with Gasteiger partial charge in [-0.15, -0.1) is 0 Å². The van der Waals surface area contributed by atoms with Crippen LogP contribution in [0.5, 0.6) is 11.5 Å². The molecule has 1 aliphatic rings. The molecule has 160 valence electrons. The second kappa shape index (κ2) is 7.86. The van der Waals surface area contributed by atoms with Crippen molar-refractivity contribution in [2.45, 2.75) is 37.6 Å². The van der Waals surface area contributed by atoms with Crippen molar-refractivity contribution < 1.29 is 39.1 Å². The lowest BCUT2D eigenvalue weighted by atomic mass is 9.99. The van der Waals surface area contributed by atoms with E-state index in [1.54, 1.807) is 31.2 Å². The van der Waals surface area contributed by atoms with Crippen LogP contribution in [0.1, 0.15) is 5.56 Å². The van der Waals surface area contributed by atoms with E-state index in [0.717, 1.165) is 0 Å². The van der Waals surface area contributed by atoms with Gasteiger partial charge in [-0.05, 0) is 24.6 Å². The predicted octanol–water partition coefficient (Wildman–Crippen LogP) is 0.442. The zero-order valence-corrected chi connectivity index (χ0v) is 16.3. The summed E-state index contributed by atoms with van der Waals surface area (Å²) in [5, 5.41) is 41.3. The summed E-state index contributed by atoms with van der Waals surface area (Å²) in [5.41, 5.74) is 0.340. The van der Waals surface area contributed by atoms with E-state index in [0.29, 0.717) is 21.7 Å². The summed E-state index contributed by atoms with van der Waals surface area (Å²) >= 11 is 0. The Morgan fingerprint density at radius 2 is 1.77 bits per heavy atom. The van der Waals surface area contributed by atoms with Gasteiger partial charge in [-0.25, -0.2) is 4.79 Å². The smallest absolute Gasteiger partial charge is 0.344 e. The van der Waals surface area contributed by atoms with Gasteiger partial charge in [-0.3, -0.25) is 0 Å². The maximum absolute atomic E-state index is 12.5. The molecule has 1 aromatic heterocycles. The van der Waals surface area contributed by atoms with Gasteiger partial charge in [0, 0.05) is 10.8 Å². The highest BCUT2D eigenvalue weighted by Crippen LogP contribution is 2.41. The van der Waals surface area contributed by atoms with E-state index in [1.165, 1.54) is 7.11 Å². The molecular weight excluding hydrogens is 396 g/mol. The summed E-state index contributed by atoms with van der Waals surface area (Å²) in [6, 6.07) is 8.67. The molecule has 1 fully saturated rings. The molecule has 0 amide bonds. The highest BCUT2D eigenvalue weighted by Gasteiger charge is 2.45. The molecule has 0 unspecified atom stereocenters. The van der Waals surface area contributed by atoms with E-state index in [2.05, 4.69) is 0 Å². The van der Waals surface area contributed by atoms with E-state index in [9.17, 15) is 25.2 Å². The van der Waals surface area contributed by atoms with Crippen LogP contribution in [-0.4, -0.2) is 64.8 Å². The van der Waals surface area contributed by atoms with Crippen LogP contribution in [0.3, 0.4) is 0 Å². The molecule has 30 heavy (non-hydrogen) atoms. The fourth-order valence-electron chi connectivity index (χ4n) is 3.77. The van der Waals surface area contributed by atoms with Crippen LogP contribution in [0, 0.1) is 6.92 Å². The van der Waals surface area contributed by atoms with Crippen LogP contribution in [0.2, 0.25) is 0 Å². The van der Waals surface area contributed by atoms with Gasteiger partial charge in [0.2, 0.25) is 12.0 Å². The SMILES string of the molecule is COc1c(O[C@@H]2O[C@H](CO)[C@@H](O)[C@H](O)[C@H]2O)cc(C)c2c1oc(=O)c1ccccc12. The molecular formula is C21H22O9. The summed E-state index contributed by atoms with van der Waals surface area (Å²) in [7, 11) is 1.37. The van der Waals surface area contributed by atoms with Gasteiger partial charge in [0.1, 0.15) is 24.4 Å². The standard InChI is InChI=1S/C21H22O9/c1-9-7-12(28-21-17(25)16(24)15(23)13(8-22)29-21)18(27-2)19-14(9)10-5-3-4-6-11(10)20(26)30-19/h3-7,13,15-17,21-25H,8H2,1-2H3/t13-,15-,16+,17-,21-/m1/s1. The maximum atomic E-state index is 12.5. The lowest BCUT2D eigenvalue weighted by Crippen LogP contribution is -2.60. The molecule has 4 rings (SSSR count). The van der Waals surface area contributed by atoms with Gasteiger partial charge < -0.3 is 39.1 Å². The third kappa shape index (κ3) is 3.21. The van der Waals surface area contributed by atoms with Crippen LogP contribution in [0.25, 0.3) is 21.7 Å². The van der Waals surface area contributed by atoms with Crippen molar-refractivity contribution in [3.05, 3.63) is 46.3 Å². The molecule has 1 saturated heterocycles. The van der Waals surface area contributed by atoms with Gasteiger partial charge in [0.15, 0.2) is 11.3 Å². The van der Waals surface area contributed by atoms with Crippen molar-refractivity contribution >= 4 is 21.7 Å². The Hall–Kier alpha value is -2.69. The van der Waals surface area contributed by atoms with Crippen LogP contribution in [0.15, 0.2) is 39.5 Å². The van der Waals surface area contributed by atoms with Crippen molar-refractivity contribution in [2.24, 2.45) is 0 Å². The second-order valence-corrected chi connectivity index (χ2v) is 7.18. The summed E-state index contributed by atoms with van der Waals surface area (Å²) in [6.45, 7) is 1.22. The molecule has 5 atom stereocenters. The molecule has 0 radical (unpaired) electrons. The molecule has 0 bridgehead atoms. The Morgan fingerprint density at radius 3 is 2.43 bits per heavy atom. The molecule has 9 nitrogen and oxygen atoms in total. The van der Waals surface area contributed by atoms with Crippen molar-refractivity contribution in [3.8, 4) is 11.5 Å². The Bertz CT molecular complexity index is 1140. The zero-order valence-electron chi connectivity index (χ0n) is 16.3. The minimum atomic E-state index is -1.59. The first-order chi connectivity index (χ1) is 14.4. The first kappa shape index (κ1) is 20.6. The Balaban J connectivity index is 1.84. The van der Waals surface area contributed by atoms with Gasteiger partial charge in [0.05, 0.1) is 19.1 Å². The number of aliphatic hydroxyl groups excluding tert-OH is 4. The van der Waals surface area contributed by atoms with Gasteiger partial charge >= 0.3 is 5.63 Å². The topological polar surface area (TPSA) is 139 Å². The van der Waals surface area contributed by atoms with E-state index in [-0.39, 0.29) is 17.1 Å². The van der Waals surface area contributed by atoms with E-state index in [4.69, 9.17) is 18.6 Å². The maximum Gasteiger partial charge on any atom is 0.344 e. The molecule has 2 heterocycles. The first-order valence-electron chi connectivity index (χ1n) is 9.37. The molecule has 2 aromatic carbocycles. The van der Waals surface area contributed by atoms with Crippen LogP contribution >= 0.6 is 0 Å². The summed E-state index contributed by atoms with van der Waals surface area (Å²) < 4.78 is 22.1. The van der Waals surface area contributed by atoms with E-state index < -0.39 is 42.9 Å². The Labute approximate surface area is 170 Å². The highest BCUT2D eigenvalue weighted by molar-refractivity contribution is 6.08. The van der Waals surface area contributed by atoms with Crippen molar-refractivity contribution in [3.63, 3.8) is 0 Å². The summed E-state index contributed by atoms with van der Waals surface area (Å²) in [6.07, 6.45) is -7.21. The molecule has 0 spiro atoms. The highest BCUT2D eigenvalue weighted by atomic mass is 16.7. The minimum Gasteiger partial charge on any atom is -0.490 e. The molecule has 4 N–H and O–H groups in total. The number of aryl methyl sites for hydroxylation is 1. The van der Waals surface area contributed by atoms with Crippen LogP contribution in [-0.2, 0) is 4.74 Å². The molecule has 9 heteroatoms. The fourth-order valence-corrected chi connectivity index (χ4v) is 3.77.